The van der Waals surface area contributed by atoms with E-state index in [1.54, 1.807) is 24.4 Å². The average Bonchev–Trinajstić information content (AvgIpc) is 2.66. The maximum absolute atomic E-state index is 13.0. The molecule has 0 saturated carbocycles. The number of fused-ring (bicyclic) bond motifs is 1. The van der Waals surface area contributed by atoms with Gasteiger partial charge in [0.1, 0.15) is 5.82 Å². The van der Waals surface area contributed by atoms with Gasteiger partial charge in [0.2, 0.25) is 0 Å². The zero-order chi connectivity index (χ0) is 20.3. The first kappa shape index (κ1) is 20.8. The van der Waals surface area contributed by atoms with Crippen LogP contribution in [0, 0.1) is 3.57 Å². The lowest BCUT2D eigenvalue weighted by molar-refractivity contribution is 0.317. The third-order valence-electron chi connectivity index (χ3n) is 4.02. The molecule has 0 saturated heterocycles. The Kier molecular flexibility index (Phi) is 6.71. The zero-order valence-electron chi connectivity index (χ0n) is 15.4. The number of benzene rings is 2. The van der Waals surface area contributed by atoms with Gasteiger partial charge >= 0.3 is 0 Å². The monoisotopic (exact) mass is 555 g/mol. The van der Waals surface area contributed by atoms with E-state index < -0.39 is 0 Å². The molecule has 0 unspecified atom stereocenters. The van der Waals surface area contributed by atoms with Gasteiger partial charge in [-0.05, 0) is 71.8 Å². The number of aromatic nitrogens is 2. The second kappa shape index (κ2) is 9.04. The van der Waals surface area contributed by atoms with Gasteiger partial charge in [-0.1, -0.05) is 22.9 Å². The van der Waals surface area contributed by atoms with Crippen LogP contribution in [-0.2, 0) is 6.42 Å². The summed E-state index contributed by atoms with van der Waals surface area (Å²) in [7, 11) is 0. The molecule has 0 spiro atoms. The lowest BCUT2D eigenvalue weighted by atomic mass is 10.2. The topological polar surface area (TPSA) is 76.7 Å². The van der Waals surface area contributed by atoms with Crippen LogP contribution in [0.3, 0.4) is 0 Å². The summed E-state index contributed by atoms with van der Waals surface area (Å²) in [4.78, 5) is 17.6. The van der Waals surface area contributed by atoms with Crippen molar-refractivity contribution in [1.82, 2.24) is 9.66 Å². The number of halogens is 2. The summed E-state index contributed by atoms with van der Waals surface area (Å²) in [5, 5.41) is 15.0. The Balaban J connectivity index is 2.12. The van der Waals surface area contributed by atoms with Crippen molar-refractivity contribution in [2.45, 2.75) is 26.7 Å². The minimum atomic E-state index is -0.218. The molecule has 3 rings (SSSR count). The van der Waals surface area contributed by atoms with Gasteiger partial charge in [0.25, 0.3) is 5.56 Å². The average molecular weight is 556 g/mol. The summed E-state index contributed by atoms with van der Waals surface area (Å²) in [5.41, 5.74) is 1.15. The normalized spacial score (nSPS) is 11.4. The molecule has 0 bridgehead atoms. The Bertz CT molecular complexity index is 1110. The first-order chi connectivity index (χ1) is 13.4. The Hall–Kier alpha value is -1.94. The van der Waals surface area contributed by atoms with Crippen molar-refractivity contribution in [3.63, 3.8) is 0 Å². The second-order valence-corrected chi connectivity index (χ2v) is 8.16. The maximum Gasteiger partial charge on any atom is 0.282 e. The number of hydrogen-bond donors (Lipinski definition) is 1. The van der Waals surface area contributed by atoms with E-state index in [0.717, 1.165) is 10.9 Å². The molecule has 0 atom stereocenters. The van der Waals surface area contributed by atoms with E-state index in [0.29, 0.717) is 44.6 Å². The van der Waals surface area contributed by atoms with Crippen molar-refractivity contribution in [3.05, 3.63) is 60.1 Å². The van der Waals surface area contributed by atoms with Gasteiger partial charge in [0.05, 0.1) is 27.3 Å². The number of hydrogen-bond acceptors (Lipinski definition) is 5. The van der Waals surface area contributed by atoms with Crippen LogP contribution in [-0.4, -0.2) is 27.6 Å². The van der Waals surface area contributed by atoms with Gasteiger partial charge in [-0.3, -0.25) is 4.79 Å². The van der Waals surface area contributed by atoms with Crippen molar-refractivity contribution in [3.8, 4) is 11.5 Å². The first-order valence-corrected chi connectivity index (χ1v) is 10.7. The van der Waals surface area contributed by atoms with E-state index in [-0.39, 0.29) is 11.3 Å². The minimum absolute atomic E-state index is 0.0978. The number of aryl methyl sites for hydroxylation is 1. The van der Waals surface area contributed by atoms with Crippen LogP contribution in [0.2, 0.25) is 0 Å². The number of ether oxygens (including phenoxy) is 1. The molecule has 1 heterocycles. The van der Waals surface area contributed by atoms with E-state index in [1.807, 2.05) is 48.6 Å². The summed E-state index contributed by atoms with van der Waals surface area (Å²) < 4.78 is 8.27. The lowest BCUT2D eigenvalue weighted by Gasteiger charge is -2.10. The van der Waals surface area contributed by atoms with Crippen LogP contribution in [0.25, 0.3) is 10.9 Å². The summed E-state index contributed by atoms with van der Waals surface area (Å²) in [6, 6.07) is 8.91. The van der Waals surface area contributed by atoms with Crippen LogP contribution >= 0.6 is 38.5 Å². The molecule has 0 aliphatic heterocycles. The number of aromatic hydroxyl groups is 1. The molecule has 1 N–H and O–H groups in total. The van der Waals surface area contributed by atoms with Gasteiger partial charge in [0, 0.05) is 10.9 Å². The minimum Gasteiger partial charge on any atom is -0.504 e. The number of phenols is 1. The van der Waals surface area contributed by atoms with E-state index in [2.05, 4.69) is 26.0 Å². The third-order valence-corrected chi connectivity index (χ3v) is 5.34. The quantitative estimate of drug-likeness (QED) is 0.353. The standard InChI is InChI=1S/C20H19BrIN3O3/c1-3-5-18-24-16-7-6-13(21)10-14(16)20(27)25(18)23-11-12-8-15(22)19(26)17(9-12)28-4-2/h6-11,26H,3-5H2,1-2H3. The molecule has 6 nitrogen and oxygen atoms in total. The van der Waals surface area contributed by atoms with E-state index in [4.69, 9.17) is 4.74 Å². The van der Waals surface area contributed by atoms with Gasteiger partial charge < -0.3 is 9.84 Å². The van der Waals surface area contributed by atoms with Gasteiger partial charge in [-0.25, -0.2) is 4.98 Å². The molecule has 0 aliphatic carbocycles. The van der Waals surface area contributed by atoms with Gasteiger partial charge in [-0.2, -0.15) is 9.78 Å². The largest absolute Gasteiger partial charge is 0.504 e. The second-order valence-electron chi connectivity index (χ2n) is 6.08. The highest BCUT2D eigenvalue weighted by Crippen LogP contribution is 2.32. The molecular weight excluding hydrogens is 537 g/mol. The first-order valence-electron chi connectivity index (χ1n) is 8.85. The molecule has 0 aliphatic rings. The van der Waals surface area contributed by atoms with Crippen LogP contribution < -0.4 is 10.3 Å². The molecule has 0 amide bonds. The van der Waals surface area contributed by atoms with E-state index in [1.165, 1.54) is 4.68 Å². The highest BCUT2D eigenvalue weighted by atomic mass is 127. The molecule has 1 aromatic heterocycles. The molecule has 0 fully saturated rings. The van der Waals surface area contributed by atoms with Crippen LogP contribution in [0.1, 0.15) is 31.7 Å². The van der Waals surface area contributed by atoms with Crippen LogP contribution in [0.15, 0.2) is 44.7 Å². The smallest absolute Gasteiger partial charge is 0.282 e. The molecule has 146 valence electrons. The molecule has 8 heteroatoms. The van der Waals surface area contributed by atoms with Crippen molar-refractivity contribution in [1.29, 1.82) is 0 Å². The van der Waals surface area contributed by atoms with E-state index in [9.17, 15) is 9.90 Å². The fourth-order valence-electron chi connectivity index (χ4n) is 2.76. The van der Waals surface area contributed by atoms with Crippen LogP contribution in [0.4, 0.5) is 0 Å². The Morgan fingerprint density at radius 2 is 2.11 bits per heavy atom. The lowest BCUT2D eigenvalue weighted by Crippen LogP contribution is -2.22. The number of phenolic OH excluding ortho intramolecular Hbond substituents is 1. The highest BCUT2D eigenvalue weighted by Gasteiger charge is 2.12. The summed E-state index contributed by atoms with van der Waals surface area (Å²) >= 11 is 5.43. The zero-order valence-corrected chi connectivity index (χ0v) is 19.2. The summed E-state index contributed by atoms with van der Waals surface area (Å²) in [6.07, 6.45) is 3.06. The van der Waals surface area contributed by atoms with E-state index >= 15 is 0 Å². The van der Waals surface area contributed by atoms with Crippen LogP contribution in [0.5, 0.6) is 11.5 Å². The fourth-order valence-corrected chi connectivity index (χ4v) is 3.74. The molecule has 3 aromatic rings. The fraction of sp³-hybridized carbons (Fsp3) is 0.250. The maximum atomic E-state index is 13.0. The van der Waals surface area contributed by atoms with Crippen molar-refractivity contribution in [2.24, 2.45) is 5.10 Å². The molecule has 28 heavy (non-hydrogen) atoms. The number of rotatable bonds is 6. The van der Waals surface area contributed by atoms with Crippen molar-refractivity contribution in [2.75, 3.05) is 6.61 Å². The summed E-state index contributed by atoms with van der Waals surface area (Å²) in [5.74, 6) is 1.09. The number of nitrogens with zero attached hydrogens (tertiary/aromatic N) is 3. The Morgan fingerprint density at radius 3 is 2.82 bits per heavy atom. The SMILES string of the molecule is CCCc1nc2ccc(Br)cc2c(=O)n1N=Cc1cc(I)c(O)c(OCC)c1. The van der Waals surface area contributed by atoms with Gasteiger partial charge in [-0.15, -0.1) is 0 Å². The molecule has 0 radical (unpaired) electrons. The predicted octanol–water partition coefficient (Wildman–Crippen LogP) is 4.70. The highest BCUT2D eigenvalue weighted by molar-refractivity contribution is 14.1. The predicted molar refractivity (Wildman–Crippen MR) is 123 cm³/mol. The molecular formula is C20H19BrIN3O3. The Morgan fingerprint density at radius 1 is 1.32 bits per heavy atom. The third kappa shape index (κ3) is 4.38. The summed E-state index contributed by atoms with van der Waals surface area (Å²) in [6.45, 7) is 4.32. The van der Waals surface area contributed by atoms with Crippen molar-refractivity contribution >= 4 is 55.6 Å². The van der Waals surface area contributed by atoms with Crippen molar-refractivity contribution < 1.29 is 9.84 Å². The van der Waals surface area contributed by atoms with Gasteiger partial charge in [0.15, 0.2) is 11.5 Å². The Labute approximate surface area is 184 Å². The molecule has 2 aromatic carbocycles.